The predicted molar refractivity (Wildman–Crippen MR) is 199 cm³/mol. The van der Waals surface area contributed by atoms with Crippen molar-refractivity contribution in [1.82, 2.24) is 10.3 Å². The van der Waals surface area contributed by atoms with Crippen LogP contribution in [0.5, 0.6) is 17.2 Å². The number of amides is 1. The van der Waals surface area contributed by atoms with E-state index in [2.05, 4.69) is 22.5 Å². The van der Waals surface area contributed by atoms with Crippen LogP contribution in [0.3, 0.4) is 0 Å². The third-order valence-electron chi connectivity index (χ3n) is 8.54. The number of aliphatic hydroxyl groups excluding tert-OH is 2. The van der Waals surface area contributed by atoms with Crippen molar-refractivity contribution < 1.29 is 39.1 Å². The number of carboxylic acids is 1. The molecule has 0 fully saturated rings. The van der Waals surface area contributed by atoms with E-state index in [9.17, 15) is 24.9 Å². The molecule has 3 unspecified atom stereocenters. The molecule has 1 heterocycles. The number of carboxylic acid groups (broad SMARTS) is 1. The number of unbranched alkanes of at least 4 members (excludes halogenated alkanes) is 4. The summed E-state index contributed by atoms with van der Waals surface area (Å²) in [6.45, 7) is 2.82. The Kier molecular flexibility index (Phi) is 13.4. The number of pyridine rings is 1. The minimum Gasteiger partial charge on any atom is -0.494 e. The average molecular weight is 708 g/mol. The number of rotatable bonds is 19. The van der Waals surface area contributed by atoms with Crippen LogP contribution in [-0.4, -0.2) is 51.9 Å². The monoisotopic (exact) mass is 707 g/mol. The molecule has 0 spiro atoms. The van der Waals surface area contributed by atoms with Gasteiger partial charge in [0.2, 0.25) is 6.29 Å². The van der Waals surface area contributed by atoms with E-state index >= 15 is 0 Å². The average Bonchev–Trinajstić information content (AvgIpc) is 3.16. The summed E-state index contributed by atoms with van der Waals surface area (Å²) in [4.78, 5) is 29.7. The summed E-state index contributed by atoms with van der Waals surface area (Å²) in [7, 11) is 1.44. The Bertz CT molecular complexity index is 1920. The number of hydrogen-bond acceptors (Lipinski definition) is 9. The molecule has 11 heteroatoms. The quantitative estimate of drug-likeness (QED) is 0.0439. The van der Waals surface area contributed by atoms with Crippen molar-refractivity contribution in [2.24, 2.45) is 0 Å². The Morgan fingerprint density at radius 3 is 2.31 bits per heavy atom. The first kappa shape index (κ1) is 37.6. The van der Waals surface area contributed by atoms with Gasteiger partial charge >= 0.3 is 5.97 Å². The lowest BCUT2D eigenvalue weighted by Crippen LogP contribution is -2.42. The van der Waals surface area contributed by atoms with Crippen molar-refractivity contribution in [1.29, 1.82) is 0 Å². The molecule has 0 bridgehead atoms. The molecule has 52 heavy (non-hydrogen) atoms. The number of para-hydroxylation sites is 1. The van der Waals surface area contributed by atoms with E-state index in [1.807, 2.05) is 30.3 Å². The zero-order chi connectivity index (χ0) is 36.9. The first-order chi connectivity index (χ1) is 25.2. The predicted octanol–water partition coefficient (Wildman–Crippen LogP) is 7.19. The molecule has 0 saturated carbocycles. The molecule has 1 amide bonds. The van der Waals surface area contributed by atoms with Crippen LogP contribution in [-0.2, 0) is 11.2 Å². The van der Waals surface area contributed by atoms with E-state index in [1.54, 1.807) is 60.7 Å². The fourth-order valence-corrected chi connectivity index (χ4v) is 5.61. The highest BCUT2D eigenvalue weighted by molar-refractivity contribution is 5.97. The van der Waals surface area contributed by atoms with Crippen LogP contribution < -0.4 is 24.8 Å². The number of ether oxygens (including phenoxy) is 3. The molecular formula is C41H45N3O8. The van der Waals surface area contributed by atoms with Crippen LogP contribution in [0.1, 0.15) is 78.7 Å². The van der Waals surface area contributed by atoms with E-state index in [0.29, 0.717) is 40.6 Å². The number of carbonyl (C=O) groups is 2. The van der Waals surface area contributed by atoms with Crippen molar-refractivity contribution in [2.75, 3.05) is 19.0 Å². The molecule has 5 N–H and O–H groups in total. The van der Waals surface area contributed by atoms with Gasteiger partial charge in [-0.2, -0.15) is 0 Å². The lowest BCUT2D eigenvalue weighted by molar-refractivity contribution is -0.139. The van der Waals surface area contributed by atoms with Crippen LogP contribution in [0, 0.1) is 0 Å². The number of aliphatic carboxylic acids is 1. The molecule has 5 rings (SSSR count). The molecule has 0 aliphatic rings. The highest BCUT2D eigenvalue weighted by atomic mass is 16.6. The molecular weight excluding hydrogens is 662 g/mol. The summed E-state index contributed by atoms with van der Waals surface area (Å²) in [6, 6.07) is 28.2. The summed E-state index contributed by atoms with van der Waals surface area (Å²) in [5.74, 6) is -0.519. The first-order valence-electron chi connectivity index (χ1n) is 17.4. The zero-order valence-corrected chi connectivity index (χ0v) is 29.3. The van der Waals surface area contributed by atoms with Crippen LogP contribution >= 0.6 is 0 Å². The van der Waals surface area contributed by atoms with Gasteiger partial charge in [0, 0.05) is 28.6 Å². The maximum Gasteiger partial charge on any atom is 0.326 e. The second-order valence-corrected chi connectivity index (χ2v) is 12.4. The molecule has 4 aromatic carbocycles. The second kappa shape index (κ2) is 18.5. The molecule has 0 radical (unpaired) electrons. The smallest absolute Gasteiger partial charge is 0.326 e. The third kappa shape index (κ3) is 10.4. The van der Waals surface area contributed by atoms with Gasteiger partial charge in [0.05, 0.1) is 24.9 Å². The van der Waals surface area contributed by atoms with Gasteiger partial charge in [0.1, 0.15) is 11.8 Å². The molecule has 11 nitrogen and oxygen atoms in total. The van der Waals surface area contributed by atoms with Gasteiger partial charge in [-0.1, -0.05) is 62.9 Å². The second-order valence-electron chi connectivity index (χ2n) is 12.4. The van der Waals surface area contributed by atoms with E-state index < -0.39 is 30.4 Å². The van der Waals surface area contributed by atoms with Crippen molar-refractivity contribution in [3.05, 3.63) is 126 Å². The fourth-order valence-electron chi connectivity index (χ4n) is 5.61. The van der Waals surface area contributed by atoms with Gasteiger partial charge in [0.25, 0.3) is 5.91 Å². The Morgan fingerprint density at radius 1 is 0.827 bits per heavy atom. The van der Waals surface area contributed by atoms with Gasteiger partial charge in [-0.15, -0.1) is 0 Å². The number of carbonyl (C=O) groups excluding carboxylic acids is 1. The molecule has 1 aromatic heterocycles. The minimum atomic E-state index is -1.28. The van der Waals surface area contributed by atoms with E-state index in [-0.39, 0.29) is 17.7 Å². The topological polar surface area (TPSA) is 159 Å². The Morgan fingerprint density at radius 2 is 1.58 bits per heavy atom. The molecule has 3 atom stereocenters. The Hall–Kier alpha value is -5.65. The van der Waals surface area contributed by atoms with Crippen molar-refractivity contribution in [3.63, 3.8) is 0 Å². The van der Waals surface area contributed by atoms with Gasteiger partial charge in [0.15, 0.2) is 17.7 Å². The van der Waals surface area contributed by atoms with E-state index in [0.717, 1.165) is 23.7 Å². The van der Waals surface area contributed by atoms with Gasteiger partial charge < -0.3 is 40.2 Å². The molecule has 272 valence electrons. The maximum atomic E-state index is 13.0. The van der Waals surface area contributed by atoms with Crippen LogP contribution in [0.25, 0.3) is 10.9 Å². The lowest BCUT2D eigenvalue weighted by Gasteiger charge is -2.19. The van der Waals surface area contributed by atoms with Crippen LogP contribution in [0.15, 0.2) is 103 Å². The van der Waals surface area contributed by atoms with Gasteiger partial charge in [-0.3, -0.25) is 4.79 Å². The highest BCUT2D eigenvalue weighted by Crippen LogP contribution is 2.32. The molecule has 5 aromatic rings. The van der Waals surface area contributed by atoms with Gasteiger partial charge in [-0.05, 0) is 84.8 Å². The minimum absolute atomic E-state index is 0.0368. The number of hydrogen-bond donors (Lipinski definition) is 5. The Labute approximate surface area is 303 Å². The number of aliphatic hydroxyl groups is 2. The maximum absolute atomic E-state index is 13.0. The summed E-state index contributed by atoms with van der Waals surface area (Å²) in [5, 5.41) is 37.9. The molecule has 0 aliphatic heterocycles. The van der Waals surface area contributed by atoms with Crippen molar-refractivity contribution in [3.8, 4) is 17.2 Å². The summed E-state index contributed by atoms with van der Waals surface area (Å²) < 4.78 is 17.1. The number of nitrogens with one attached hydrogen (secondary N) is 2. The number of fused-ring (bicyclic) bond motifs is 1. The lowest BCUT2D eigenvalue weighted by atomic mass is 10.0. The number of nitrogens with zero attached hydrogens (tertiary/aromatic N) is 1. The Balaban J connectivity index is 1.14. The van der Waals surface area contributed by atoms with Crippen molar-refractivity contribution >= 4 is 28.5 Å². The summed E-state index contributed by atoms with van der Waals surface area (Å²) in [5.41, 5.74) is 3.08. The highest BCUT2D eigenvalue weighted by Gasteiger charge is 2.23. The van der Waals surface area contributed by atoms with E-state index in [4.69, 9.17) is 14.2 Å². The van der Waals surface area contributed by atoms with Crippen LogP contribution in [0.4, 0.5) is 5.69 Å². The standard InChI is InChI=1S/C41H45N3O8/c1-3-4-5-6-9-24-51-32-20-15-30(16-21-32)41(49)52-36-23-12-27(26-37(36)50-2)25-35(40(47)48)44-38(45)29-13-18-31(19-14-29)42-39(46)34-22-17-28-10-7-8-11-33(28)43-34/h7-8,10-23,26,35,39,41-42,46,49H,3-6,9,24-25H2,1-2H3,(H,44,45)(H,47,48). The largest absolute Gasteiger partial charge is 0.494 e. The zero-order valence-electron chi connectivity index (χ0n) is 29.3. The SMILES string of the molecule is CCCCCCCOc1ccc(C(O)Oc2ccc(CC(NC(=O)c3ccc(NC(O)c4ccc5ccccc5n4)cc3)C(=O)O)cc2OC)cc1. The third-order valence-corrected chi connectivity index (χ3v) is 8.54. The number of benzene rings is 4. The number of aromatic nitrogens is 1. The van der Waals surface area contributed by atoms with Gasteiger partial charge in [-0.25, -0.2) is 9.78 Å². The van der Waals surface area contributed by atoms with E-state index in [1.165, 1.54) is 38.5 Å². The fraction of sp³-hybridized carbons (Fsp3) is 0.293. The van der Waals surface area contributed by atoms with Crippen LogP contribution in [0.2, 0.25) is 0 Å². The number of methoxy groups -OCH3 is 1. The van der Waals surface area contributed by atoms with Crippen molar-refractivity contribution in [2.45, 2.75) is 64.0 Å². The summed E-state index contributed by atoms with van der Waals surface area (Å²) >= 11 is 0. The molecule has 0 aliphatic carbocycles. The number of anilines is 1. The molecule has 0 saturated heterocycles. The first-order valence-corrected chi connectivity index (χ1v) is 17.4. The normalized spacial score (nSPS) is 12.8. The summed E-state index contributed by atoms with van der Waals surface area (Å²) in [6.07, 6.45) is 3.36.